The first-order chi connectivity index (χ1) is 15.6. The summed E-state index contributed by atoms with van der Waals surface area (Å²) in [7, 11) is 0. The van der Waals surface area contributed by atoms with Crippen LogP contribution in [0.1, 0.15) is 65.5 Å². The SMILES string of the molecule is CC1CCCN1CC1CCCN1C(=O)c1ccc(-c2ccc(C(=O)N3CCCC3)s2)cc1. The van der Waals surface area contributed by atoms with E-state index in [0.717, 1.165) is 79.3 Å². The van der Waals surface area contributed by atoms with Crippen LogP contribution in [0.25, 0.3) is 10.4 Å². The number of benzene rings is 1. The van der Waals surface area contributed by atoms with Crippen molar-refractivity contribution in [3.05, 3.63) is 46.8 Å². The van der Waals surface area contributed by atoms with E-state index in [1.54, 1.807) is 11.3 Å². The molecule has 0 aliphatic carbocycles. The van der Waals surface area contributed by atoms with Crippen LogP contribution in [0.3, 0.4) is 0 Å². The molecule has 3 aliphatic rings. The van der Waals surface area contributed by atoms with Gasteiger partial charge in [-0.3, -0.25) is 14.5 Å². The summed E-state index contributed by atoms with van der Waals surface area (Å²) in [5.41, 5.74) is 1.83. The van der Waals surface area contributed by atoms with E-state index in [0.29, 0.717) is 12.1 Å². The molecule has 2 aromatic rings. The first-order valence-electron chi connectivity index (χ1n) is 12.1. The molecule has 4 heterocycles. The molecule has 0 spiro atoms. The van der Waals surface area contributed by atoms with E-state index >= 15 is 0 Å². The summed E-state index contributed by atoms with van der Waals surface area (Å²) < 4.78 is 0. The second-order valence-corrected chi connectivity index (χ2v) is 10.6. The maximum Gasteiger partial charge on any atom is 0.263 e. The molecule has 0 radical (unpaired) electrons. The fraction of sp³-hybridized carbons (Fsp3) is 0.538. The molecule has 0 bridgehead atoms. The van der Waals surface area contributed by atoms with E-state index < -0.39 is 0 Å². The van der Waals surface area contributed by atoms with Crippen molar-refractivity contribution in [2.45, 2.75) is 57.5 Å². The standard InChI is InChI=1S/C26H33N3O2S/c1-19-6-4-16-28(19)18-22-7-5-17-29(22)25(30)21-10-8-20(9-11-21)23-12-13-24(32-23)26(31)27-14-2-3-15-27/h8-13,19,22H,2-7,14-18H2,1H3. The molecule has 3 saturated heterocycles. The van der Waals surface area contributed by atoms with Crippen molar-refractivity contribution < 1.29 is 9.59 Å². The molecular weight excluding hydrogens is 418 g/mol. The van der Waals surface area contributed by atoms with Crippen LogP contribution in [-0.4, -0.2) is 71.3 Å². The summed E-state index contributed by atoms with van der Waals surface area (Å²) in [5.74, 6) is 0.305. The normalized spacial score (nSPS) is 23.9. The first kappa shape index (κ1) is 21.7. The molecule has 3 aliphatic heterocycles. The Kier molecular flexibility index (Phi) is 6.33. The average molecular weight is 452 g/mol. The third-order valence-corrected chi connectivity index (χ3v) is 8.52. The zero-order valence-corrected chi connectivity index (χ0v) is 19.8. The number of thiophene rings is 1. The van der Waals surface area contributed by atoms with Crippen molar-refractivity contribution >= 4 is 23.2 Å². The van der Waals surface area contributed by atoms with Gasteiger partial charge in [0.2, 0.25) is 0 Å². The number of nitrogens with zero attached hydrogens (tertiary/aromatic N) is 3. The fourth-order valence-corrected chi connectivity index (χ4v) is 6.43. The molecule has 6 heteroatoms. The molecule has 32 heavy (non-hydrogen) atoms. The number of carbonyl (C=O) groups is 2. The minimum Gasteiger partial charge on any atom is -0.338 e. The Morgan fingerprint density at radius 2 is 1.62 bits per heavy atom. The lowest BCUT2D eigenvalue weighted by Gasteiger charge is -2.30. The van der Waals surface area contributed by atoms with Crippen LogP contribution < -0.4 is 0 Å². The summed E-state index contributed by atoms with van der Waals surface area (Å²) in [6, 6.07) is 12.9. The zero-order chi connectivity index (χ0) is 22.1. The van der Waals surface area contributed by atoms with Crippen LogP contribution >= 0.6 is 11.3 Å². The van der Waals surface area contributed by atoms with Crippen LogP contribution in [0.5, 0.6) is 0 Å². The molecule has 2 atom stereocenters. The number of amides is 2. The van der Waals surface area contributed by atoms with Gasteiger partial charge < -0.3 is 9.80 Å². The van der Waals surface area contributed by atoms with Gasteiger partial charge in [-0.25, -0.2) is 0 Å². The van der Waals surface area contributed by atoms with Gasteiger partial charge in [0.05, 0.1) is 4.88 Å². The highest BCUT2D eigenvalue weighted by atomic mass is 32.1. The minimum atomic E-state index is 0.151. The van der Waals surface area contributed by atoms with Crippen molar-refractivity contribution in [2.24, 2.45) is 0 Å². The van der Waals surface area contributed by atoms with Gasteiger partial charge in [-0.2, -0.15) is 0 Å². The van der Waals surface area contributed by atoms with Crippen molar-refractivity contribution in [1.82, 2.24) is 14.7 Å². The number of likely N-dealkylation sites (tertiary alicyclic amines) is 3. The molecule has 5 nitrogen and oxygen atoms in total. The van der Waals surface area contributed by atoms with Gasteiger partial charge in [0.1, 0.15) is 0 Å². The lowest BCUT2D eigenvalue weighted by atomic mass is 10.1. The average Bonchev–Trinajstić information content (AvgIpc) is 3.61. The second-order valence-electron chi connectivity index (χ2n) is 9.52. The Bertz CT molecular complexity index is 964. The Morgan fingerprint density at radius 1 is 0.875 bits per heavy atom. The molecule has 0 N–H and O–H groups in total. The Hall–Kier alpha value is -2.18. The van der Waals surface area contributed by atoms with Crippen LogP contribution in [0.15, 0.2) is 36.4 Å². The Balaban J connectivity index is 1.25. The summed E-state index contributed by atoms with van der Waals surface area (Å²) in [4.78, 5) is 34.4. The fourth-order valence-electron chi connectivity index (χ4n) is 5.45. The monoisotopic (exact) mass is 451 g/mol. The van der Waals surface area contributed by atoms with Gasteiger partial charge in [0.15, 0.2) is 0 Å². The van der Waals surface area contributed by atoms with E-state index in [1.807, 2.05) is 41.3 Å². The van der Waals surface area contributed by atoms with Crippen LogP contribution in [0, 0.1) is 0 Å². The van der Waals surface area contributed by atoms with Crippen LogP contribution in [-0.2, 0) is 0 Å². The number of hydrogen-bond donors (Lipinski definition) is 0. The van der Waals surface area contributed by atoms with Crippen molar-refractivity contribution in [3.63, 3.8) is 0 Å². The van der Waals surface area contributed by atoms with E-state index in [4.69, 9.17) is 0 Å². The highest BCUT2D eigenvalue weighted by Gasteiger charge is 2.33. The van der Waals surface area contributed by atoms with Crippen LogP contribution in [0.2, 0.25) is 0 Å². The predicted molar refractivity (Wildman–Crippen MR) is 129 cm³/mol. The third kappa shape index (κ3) is 4.35. The summed E-state index contributed by atoms with van der Waals surface area (Å²) in [6.45, 7) is 7.08. The molecule has 170 valence electrons. The second kappa shape index (κ2) is 9.36. The van der Waals surface area contributed by atoms with Gasteiger partial charge in [-0.1, -0.05) is 12.1 Å². The summed E-state index contributed by atoms with van der Waals surface area (Å²) >= 11 is 1.55. The van der Waals surface area contributed by atoms with E-state index in [9.17, 15) is 9.59 Å². The Morgan fingerprint density at radius 3 is 2.34 bits per heavy atom. The van der Waals surface area contributed by atoms with Gasteiger partial charge in [0, 0.05) is 48.7 Å². The predicted octanol–water partition coefficient (Wildman–Crippen LogP) is 4.74. The highest BCUT2D eigenvalue weighted by molar-refractivity contribution is 7.17. The number of hydrogen-bond acceptors (Lipinski definition) is 4. The largest absolute Gasteiger partial charge is 0.338 e. The van der Waals surface area contributed by atoms with Gasteiger partial charge in [-0.15, -0.1) is 11.3 Å². The molecule has 1 aromatic heterocycles. The third-order valence-electron chi connectivity index (χ3n) is 7.40. The van der Waals surface area contributed by atoms with Gasteiger partial charge >= 0.3 is 0 Å². The molecule has 5 rings (SSSR count). The summed E-state index contributed by atoms with van der Waals surface area (Å²) in [5, 5.41) is 0. The first-order valence-corrected chi connectivity index (χ1v) is 13.0. The molecule has 0 saturated carbocycles. The molecule has 3 fully saturated rings. The van der Waals surface area contributed by atoms with E-state index in [2.05, 4.69) is 16.7 Å². The summed E-state index contributed by atoms with van der Waals surface area (Å²) in [6.07, 6.45) is 6.96. The van der Waals surface area contributed by atoms with Crippen molar-refractivity contribution in [3.8, 4) is 10.4 Å². The smallest absolute Gasteiger partial charge is 0.263 e. The molecule has 1 aromatic carbocycles. The maximum absolute atomic E-state index is 13.3. The topological polar surface area (TPSA) is 43.9 Å². The van der Waals surface area contributed by atoms with E-state index in [-0.39, 0.29) is 11.8 Å². The van der Waals surface area contributed by atoms with Gasteiger partial charge in [0.25, 0.3) is 11.8 Å². The lowest BCUT2D eigenvalue weighted by Crippen LogP contribution is -2.44. The molecule has 2 unspecified atom stereocenters. The van der Waals surface area contributed by atoms with Crippen molar-refractivity contribution in [1.29, 1.82) is 0 Å². The quantitative estimate of drug-likeness (QED) is 0.660. The molecule has 2 amide bonds. The Labute approximate surface area is 195 Å². The molecular formula is C26H33N3O2S. The van der Waals surface area contributed by atoms with Crippen molar-refractivity contribution in [2.75, 3.05) is 32.7 Å². The van der Waals surface area contributed by atoms with E-state index in [1.165, 1.54) is 12.8 Å². The minimum absolute atomic E-state index is 0.151. The maximum atomic E-state index is 13.3. The van der Waals surface area contributed by atoms with Gasteiger partial charge in [-0.05, 0) is 81.8 Å². The number of rotatable bonds is 5. The number of carbonyl (C=O) groups excluding carboxylic acids is 2. The lowest BCUT2D eigenvalue weighted by molar-refractivity contribution is 0.0696. The highest BCUT2D eigenvalue weighted by Crippen LogP contribution is 2.31. The zero-order valence-electron chi connectivity index (χ0n) is 19.0. The van der Waals surface area contributed by atoms with Crippen LogP contribution in [0.4, 0.5) is 0 Å².